The van der Waals surface area contributed by atoms with Crippen molar-refractivity contribution in [3.05, 3.63) is 94.6 Å². The molecule has 3 rings (SSSR count). The Labute approximate surface area is 127 Å². The van der Waals surface area contributed by atoms with Crippen molar-refractivity contribution in [2.45, 2.75) is 26.7 Å². The minimum absolute atomic E-state index is 0.404. The van der Waals surface area contributed by atoms with Gasteiger partial charge >= 0.3 is 0 Å². The summed E-state index contributed by atoms with van der Waals surface area (Å²) >= 11 is 0. The smallest absolute Gasteiger partial charge is 0.0192 e. The predicted octanol–water partition coefficient (Wildman–Crippen LogP) is 5.73. The molecule has 1 atom stereocenters. The highest BCUT2D eigenvalue weighted by Crippen LogP contribution is 2.44. The van der Waals surface area contributed by atoms with Crippen molar-refractivity contribution >= 4 is 0 Å². The minimum atomic E-state index is 0.404. The van der Waals surface area contributed by atoms with Gasteiger partial charge in [-0.05, 0) is 31.9 Å². The van der Waals surface area contributed by atoms with Crippen LogP contribution in [0, 0.1) is 5.92 Å². The van der Waals surface area contributed by atoms with Crippen LogP contribution < -0.4 is 0 Å². The number of allylic oxidation sites excluding steroid dienone is 4. The zero-order chi connectivity index (χ0) is 14.8. The lowest BCUT2D eigenvalue weighted by Crippen LogP contribution is -2.15. The van der Waals surface area contributed by atoms with Gasteiger partial charge in [0.05, 0.1) is 0 Å². The second-order valence-electron chi connectivity index (χ2n) is 6.03. The quantitative estimate of drug-likeness (QED) is 0.670. The van der Waals surface area contributed by atoms with E-state index in [1.807, 2.05) is 0 Å². The van der Waals surface area contributed by atoms with Gasteiger partial charge in [-0.25, -0.2) is 0 Å². The maximum Gasteiger partial charge on any atom is 0.0192 e. The Balaban J connectivity index is 2.13. The molecule has 0 heterocycles. The largest absolute Gasteiger partial charge is 0.0649 e. The molecule has 0 saturated heterocycles. The zero-order valence-electron chi connectivity index (χ0n) is 13.0. The van der Waals surface area contributed by atoms with E-state index in [1.165, 1.54) is 27.8 Å². The molecule has 0 saturated carbocycles. The van der Waals surface area contributed by atoms with Gasteiger partial charge in [0.15, 0.2) is 0 Å². The van der Waals surface area contributed by atoms with Gasteiger partial charge in [-0.3, -0.25) is 0 Å². The van der Waals surface area contributed by atoms with E-state index in [0.717, 1.165) is 0 Å². The zero-order valence-corrected chi connectivity index (χ0v) is 13.0. The van der Waals surface area contributed by atoms with Gasteiger partial charge in [0.1, 0.15) is 0 Å². The summed E-state index contributed by atoms with van der Waals surface area (Å²) in [6.07, 6.45) is 2.35. The molecule has 0 fully saturated rings. The van der Waals surface area contributed by atoms with Gasteiger partial charge in [0.25, 0.3) is 0 Å². The predicted molar refractivity (Wildman–Crippen MR) is 90.3 cm³/mol. The Morgan fingerprint density at radius 3 is 1.57 bits per heavy atom. The average Bonchev–Trinajstić information content (AvgIpc) is 2.76. The summed E-state index contributed by atoms with van der Waals surface area (Å²) in [6.45, 7) is 6.78. The van der Waals surface area contributed by atoms with Crippen molar-refractivity contribution in [1.82, 2.24) is 0 Å². The Kier molecular flexibility index (Phi) is 3.79. The lowest BCUT2D eigenvalue weighted by Gasteiger charge is -2.28. The summed E-state index contributed by atoms with van der Waals surface area (Å²) in [6, 6.07) is 21.8. The fraction of sp³-hybridized carbons (Fsp3) is 0.238. The van der Waals surface area contributed by atoms with Gasteiger partial charge in [-0.1, -0.05) is 83.5 Å². The van der Waals surface area contributed by atoms with Crippen molar-refractivity contribution in [3.63, 3.8) is 0 Å². The molecule has 0 nitrogen and oxygen atoms in total. The second kappa shape index (κ2) is 5.73. The molecule has 1 aliphatic carbocycles. The molecule has 2 aromatic carbocycles. The van der Waals surface area contributed by atoms with Gasteiger partial charge in [0, 0.05) is 11.8 Å². The first-order chi connectivity index (χ1) is 10.2. The molecule has 106 valence electrons. The van der Waals surface area contributed by atoms with E-state index in [1.54, 1.807) is 0 Å². The van der Waals surface area contributed by atoms with Crippen LogP contribution in [0.25, 0.3) is 0 Å². The van der Waals surface area contributed by atoms with E-state index in [4.69, 9.17) is 0 Å². The van der Waals surface area contributed by atoms with Crippen LogP contribution in [0.5, 0.6) is 0 Å². The maximum absolute atomic E-state index is 2.35. The van der Waals surface area contributed by atoms with Crippen LogP contribution >= 0.6 is 0 Å². The summed E-state index contributed by atoms with van der Waals surface area (Å²) in [7, 11) is 0. The monoisotopic (exact) mass is 274 g/mol. The van der Waals surface area contributed by atoms with Crippen LogP contribution in [0.1, 0.15) is 37.8 Å². The van der Waals surface area contributed by atoms with Gasteiger partial charge in [0.2, 0.25) is 0 Å². The van der Waals surface area contributed by atoms with Gasteiger partial charge in [-0.15, -0.1) is 0 Å². The molecular weight excluding hydrogens is 252 g/mol. The van der Waals surface area contributed by atoms with Crippen molar-refractivity contribution in [1.29, 1.82) is 0 Å². The van der Waals surface area contributed by atoms with Crippen LogP contribution in [0.3, 0.4) is 0 Å². The van der Waals surface area contributed by atoms with Crippen LogP contribution in [0.4, 0.5) is 0 Å². The first-order valence-electron chi connectivity index (χ1n) is 7.64. The van der Waals surface area contributed by atoms with E-state index < -0.39 is 0 Å². The van der Waals surface area contributed by atoms with E-state index in [9.17, 15) is 0 Å². The van der Waals surface area contributed by atoms with Crippen molar-refractivity contribution in [2.75, 3.05) is 0 Å². The molecule has 0 aromatic heterocycles. The number of benzene rings is 2. The summed E-state index contributed by atoms with van der Waals surface area (Å²) in [5.74, 6) is 0.885. The molecule has 0 bridgehead atoms. The average molecular weight is 274 g/mol. The SMILES string of the molecule is CC1=CC(C)=C(C)C1C(c1ccccc1)c1ccccc1. The third-order valence-electron chi connectivity index (χ3n) is 4.67. The minimum Gasteiger partial charge on any atom is -0.0649 e. The highest BCUT2D eigenvalue weighted by molar-refractivity contribution is 5.47. The Morgan fingerprint density at radius 2 is 1.19 bits per heavy atom. The Bertz CT molecular complexity index is 635. The fourth-order valence-corrected chi connectivity index (χ4v) is 3.54. The second-order valence-corrected chi connectivity index (χ2v) is 6.03. The van der Waals surface area contributed by atoms with Crippen LogP contribution in [0.15, 0.2) is 83.5 Å². The van der Waals surface area contributed by atoms with E-state index >= 15 is 0 Å². The van der Waals surface area contributed by atoms with Crippen LogP contribution in [-0.2, 0) is 0 Å². The molecule has 1 aliphatic rings. The highest BCUT2D eigenvalue weighted by atomic mass is 14.3. The van der Waals surface area contributed by atoms with Crippen LogP contribution in [-0.4, -0.2) is 0 Å². The van der Waals surface area contributed by atoms with E-state index in [0.29, 0.717) is 11.8 Å². The topological polar surface area (TPSA) is 0 Å². The summed E-state index contributed by atoms with van der Waals surface area (Å²) < 4.78 is 0. The maximum atomic E-state index is 2.35. The fourth-order valence-electron chi connectivity index (χ4n) is 3.54. The Hall–Kier alpha value is -2.08. The third kappa shape index (κ3) is 2.58. The lowest BCUT2D eigenvalue weighted by molar-refractivity contribution is 0.625. The molecule has 0 radical (unpaired) electrons. The highest BCUT2D eigenvalue weighted by Gasteiger charge is 2.30. The first-order valence-corrected chi connectivity index (χ1v) is 7.64. The first kappa shape index (κ1) is 13.9. The number of rotatable bonds is 3. The van der Waals surface area contributed by atoms with E-state index in [-0.39, 0.29) is 0 Å². The van der Waals surface area contributed by atoms with Gasteiger partial charge in [-0.2, -0.15) is 0 Å². The number of hydrogen-bond donors (Lipinski definition) is 0. The molecule has 0 spiro atoms. The van der Waals surface area contributed by atoms with Crippen molar-refractivity contribution < 1.29 is 0 Å². The molecular formula is C21H22. The third-order valence-corrected chi connectivity index (χ3v) is 4.67. The van der Waals surface area contributed by atoms with E-state index in [2.05, 4.69) is 87.5 Å². The molecule has 0 aliphatic heterocycles. The standard InChI is InChI=1S/C21H22/c1-15-14-16(2)20(17(15)3)21(18-10-6-4-7-11-18)19-12-8-5-9-13-19/h4-14,20-21H,1-3H3. The normalized spacial score (nSPS) is 18.3. The molecule has 0 N–H and O–H groups in total. The summed E-state index contributed by atoms with van der Waals surface area (Å²) in [5, 5.41) is 0. The van der Waals surface area contributed by atoms with Gasteiger partial charge < -0.3 is 0 Å². The number of hydrogen-bond acceptors (Lipinski definition) is 0. The van der Waals surface area contributed by atoms with Crippen molar-refractivity contribution in [3.8, 4) is 0 Å². The van der Waals surface area contributed by atoms with Crippen LogP contribution in [0.2, 0.25) is 0 Å². The molecule has 21 heavy (non-hydrogen) atoms. The molecule has 1 unspecified atom stereocenters. The summed E-state index contributed by atoms with van der Waals surface area (Å²) in [4.78, 5) is 0. The summed E-state index contributed by atoms with van der Waals surface area (Å²) in [5.41, 5.74) is 7.20. The van der Waals surface area contributed by atoms with Crippen molar-refractivity contribution in [2.24, 2.45) is 5.92 Å². The molecule has 2 aromatic rings. The lowest BCUT2D eigenvalue weighted by atomic mass is 9.75. The molecule has 0 amide bonds. The molecule has 0 heteroatoms. The Morgan fingerprint density at radius 1 is 0.714 bits per heavy atom.